The molecular weight excluding hydrogens is 318 g/mol. The van der Waals surface area contributed by atoms with Gasteiger partial charge in [0.25, 0.3) is 5.56 Å². The van der Waals surface area contributed by atoms with Gasteiger partial charge in [-0.1, -0.05) is 0 Å². The molecule has 1 aliphatic carbocycles. The number of H-pyrrole nitrogens is 1. The van der Waals surface area contributed by atoms with Crippen molar-refractivity contribution in [2.45, 2.75) is 38.1 Å². The van der Waals surface area contributed by atoms with Crippen molar-refractivity contribution in [3.63, 3.8) is 0 Å². The first-order valence-corrected chi connectivity index (χ1v) is 8.54. The lowest BCUT2D eigenvalue weighted by molar-refractivity contribution is 0.0683. The summed E-state index contributed by atoms with van der Waals surface area (Å²) in [7, 11) is 0. The molecule has 1 fully saturated rings. The lowest BCUT2D eigenvalue weighted by Crippen LogP contribution is -2.24. The standard InChI is InChI=1S/C10H8N2O3S.C5H11NO/c13-8-6-4-2-1-3-5(4)16-9(6)12-7(11-8)10(14)15;7-4-5-2-1-3-6-5/h1-3H2,(H,14,15)(H,11,12,13);5-7H,1-4H2/t;5-/m.0/s1. The van der Waals surface area contributed by atoms with E-state index in [9.17, 15) is 9.59 Å². The number of hydrogen-bond acceptors (Lipinski definition) is 6. The average Bonchev–Trinajstić information content (AvgIpc) is 3.23. The van der Waals surface area contributed by atoms with Crippen LogP contribution in [0.3, 0.4) is 0 Å². The van der Waals surface area contributed by atoms with Crippen molar-refractivity contribution >= 4 is 27.5 Å². The summed E-state index contributed by atoms with van der Waals surface area (Å²) in [4.78, 5) is 30.5. The summed E-state index contributed by atoms with van der Waals surface area (Å²) in [6, 6.07) is 0.403. The minimum Gasteiger partial charge on any atom is -0.475 e. The van der Waals surface area contributed by atoms with Gasteiger partial charge in [0.1, 0.15) is 4.83 Å². The number of nitrogens with one attached hydrogen (secondary N) is 2. The van der Waals surface area contributed by atoms with Crippen LogP contribution in [0.5, 0.6) is 0 Å². The van der Waals surface area contributed by atoms with E-state index in [1.54, 1.807) is 0 Å². The number of aliphatic hydroxyl groups excluding tert-OH is 1. The van der Waals surface area contributed by atoms with Crippen molar-refractivity contribution in [2.75, 3.05) is 13.2 Å². The van der Waals surface area contributed by atoms with Crippen molar-refractivity contribution in [3.05, 3.63) is 26.6 Å². The SMILES string of the molecule is O=C(O)c1nc2sc3c(c2c(=O)[nH]1)CCC3.OC[C@@H]1CCCN1. The number of carbonyl (C=O) groups is 1. The number of aromatic amines is 1. The molecule has 1 saturated heterocycles. The molecule has 23 heavy (non-hydrogen) atoms. The zero-order valence-electron chi connectivity index (χ0n) is 12.6. The third kappa shape index (κ3) is 3.29. The van der Waals surface area contributed by atoms with E-state index in [1.165, 1.54) is 22.6 Å². The first-order chi connectivity index (χ1) is 11.1. The Morgan fingerprint density at radius 2 is 2.17 bits per heavy atom. The zero-order chi connectivity index (χ0) is 16.4. The maximum absolute atomic E-state index is 11.8. The Morgan fingerprint density at radius 3 is 2.78 bits per heavy atom. The van der Waals surface area contributed by atoms with Gasteiger partial charge in [0.2, 0.25) is 5.82 Å². The van der Waals surface area contributed by atoms with Gasteiger partial charge in [-0.05, 0) is 44.2 Å². The minimum absolute atomic E-state index is 0.280. The highest BCUT2D eigenvalue weighted by Crippen LogP contribution is 2.34. The molecule has 0 spiro atoms. The van der Waals surface area contributed by atoms with Crippen LogP contribution in [0.2, 0.25) is 0 Å². The third-order valence-electron chi connectivity index (χ3n) is 4.16. The third-order valence-corrected chi connectivity index (χ3v) is 5.35. The van der Waals surface area contributed by atoms with E-state index in [0.717, 1.165) is 37.8 Å². The molecule has 0 aromatic carbocycles. The molecule has 1 atom stereocenters. The number of carboxylic acid groups (broad SMARTS) is 1. The smallest absolute Gasteiger partial charge is 0.372 e. The fourth-order valence-corrected chi connectivity index (χ4v) is 4.28. The number of thiophene rings is 1. The molecule has 2 aliphatic rings. The lowest BCUT2D eigenvalue weighted by atomic mass is 10.2. The van der Waals surface area contributed by atoms with Crippen LogP contribution in [0, 0.1) is 0 Å². The molecule has 4 N–H and O–H groups in total. The molecule has 0 amide bonds. The molecule has 1 aliphatic heterocycles. The molecule has 3 heterocycles. The predicted molar refractivity (Wildman–Crippen MR) is 87.3 cm³/mol. The second-order valence-electron chi connectivity index (χ2n) is 5.73. The van der Waals surface area contributed by atoms with Gasteiger partial charge < -0.3 is 20.5 Å². The number of aromatic nitrogens is 2. The van der Waals surface area contributed by atoms with Crippen LogP contribution in [0.15, 0.2) is 4.79 Å². The zero-order valence-corrected chi connectivity index (χ0v) is 13.4. The maximum Gasteiger partial charge on any atom is 0.372 e. The number of aliphatic hydroxyl groups is 1. The van der Waals surface area contributed by atoms with Gasteiger partial charge in [0.15, 0.2) is 0 Å². The summed E-state index contributed by atoms with van der Waals surface area (Å²) >= 11 is 1.44. The number of hydrogen-bond donors (Lipinski definition) is 4. The molecule has 2 aromatic heterocycles. The van der Waals surface area contributed by atoms with Crippen molar-refractivity contribution in [1.82, 2.24) is 15.3 Å². The number of aromatic carboxylic acids is 1. The molecule has 2 aromatic rings. The maximum atomic E-state index is 11.8. The van der Waals surface area contributed by atoms with Crippen LogP contribution in [0.25, 0.3) is 10.2 Å². The number of fused-ring (bicyclic) bond motifs is 3. The van der Waals surface area contributed by atoms with E-state index in [0.29, 0.717) is 22.9 Å². The van der Waals surface area contributed by atoms with Crippen LogP contribution in [0.4, 0.5) is 0 Å². The highest BCUT2D eigenvalue weighted by atomic mass is 32.1. The van der Waals surface area contributed by atoms with Crippen molar-refractivity contribution in [3.8, 4) is 0 Å². The van der Waals surface area contributed by atoms with E-state index in [1.807, 2.05) is 0 Å². The summed E-state index contributed by atoms with van der Waals surface area (Å²) in [5, 5.41) is 21.0. The number of nitrogens with zero attached hydrogens (tertiary/aromatic N) is 1. The van der Waals surface area contributed by atoms with Crippen LogP contribution >= 0.6 is 11.3 Å². The Kier molecular flexibility index (Phi) is 4.74. The molecule has 8 heteroatoms. The molecule has 0 saturated carbocycles. The molecule has 0 radical (unpaired) electrons. The van der Waals surface area contributed by atoms with Crippen molar-refractivity contribution in [1.29, 1.82) is 0 Å². The largest absolute Gasteiger partial charge is 0.475 e. The summed E-state index contributed by atoms with van der Waals surface area (Å²) in [6.45, 7) is 1.39. The Balaban J connectivity index is 0.000000188. The lowest BCUT2D eigenvalue weighted by Gasteiger charge is -2.01. The normalized spacial score (nSPS) is 19.4. The molecule has 0 unspecified atom stereocenters. The summed E-state index contributed by atoms with van der Waals surface area (Å²) in [5.41, 5.74) is 0.729. The highest BCUT2D eigenvalue weighted by molar-refractivity contribution is 7.18. The fourth-order valence-electron chi connectivity index (χ4n) is 3.02. The van der Waals surface area contributed by atoms with Crippen LogP contribution < -0.4 is 10.9 Å². The van der Waals surface area contributed by atoms with Crippen LogP contribution in [-0.4, -0.2) is 45.3 Å². The molecular formula is C15H19N3O4S. The first kappa shape index (κ1) is 16.1. The van der Waals surface area contributed by atoms with Gasteiger partial charge in [-0.25, -0.2) is 9.78 Å². The summed E-state index contributed by atoms with van der Waals surface area (Å²) in [6.07, 6.45) is 5.31. The van der Waals surface area contributed by atoms with E-state index >= 15 is 0 Å². The number of rotatable bonds is 2. The van der Waals surface area contributed by atoms with Gasteiger partial charge in [0.05, 0.1) is 12.0 Å². The fraction of sp³-hybridized carbons (Fsp3) is 0.533. The quantitative estimate of drug-likeness (QED) is 0.647. The topological polar surface area (TPSA) is 115 Å². The Morgan fingerprint density at radius 1 is 1.35 bits per heavy atom. The van der Waals surface area contributed by atoms with Crippen molar-refractivity contribution < 1.29 is 15.0 Å². The van der Waals surface area contributed by atoms with Gasteiger partial charge in [-0.2, -0.15) is 0 Å². The Bertz CT molecular complexity index is 777. The highest BCUT2D eigenvalue weighted by Gasteiger charge is 2.22. The van der Waals surface area contributed by atoms with Gasteiger partial charge in [-0.15, -0.1) is 11.3 Å². The van der Waals surface area contributed by atoms with Crippen LogP contribution in [0.1, 0.15) is 40.3 Å². The molecule has 7 nitrogen and oxygen atoms in total. The molecule has 4 rings (SSSR count). The number of carboxylic acids is 1. The van der Waals surface area contributed by atoms with E-state index in [4.69, 9.17) is 10.2 Å². The molecule has 124 valence electrons. The van der Waals surface area contributed by atoms with Gasteiger partial charge in [-0.3, -0.25) is 4.79 Å². The Hall–Kier alpha value is -1.77. The molecule has 0 bridgehead atoms. The first-order valence-electron chi connectivity index (χ1n) is 7.72. The van der Waals surface area contributed by atoms with E-state index in [-0.39, 0.29) is 11.4 Å². The van der Waals surface area contributed by atoms with Gasteiger partial charge >= 0.3 is 5.97 Å². The second kappa shape index (κ2) is 6.77. The second-order valence-corrected chi connectivity index (χ2v) is 6.82. The Labute approximate surface area is 136 Å². The predicted octanol–water partition coefficient (Wildman–Crippen LogP) is 0.902. The average molecular weight is 337 g/mol. The summed E-state index contributed by atoms with van der Waals surface area (Å²) < 4.78 is 0. The van der Waals surface area contributed by atoms with Crippen LogP contribution in [-0.2, 0) is 12.8 Å². The van der Waals surface area contributed by atoms with E-state index in [2.05, 4.69) is 15.3 Å². The summed E-state index contributed by atoms with van der Waals surface area (Å²) in [5.74, 6) is -1.48. The minimum atomic E-state index is -1.20. The van der Waals surface area contributed by atoms with E-state index < -0.39 is 5.97 Å². The van der Waals surface area contributed by atoms with Gasteiger partial charge in [0, 0.05) is 10.9 Å². The van der Waals surface area contributed by atoms with Crippen molar-refractivity contribution in [2.24, 2.45) is 0 Å². The monoisotopic (exact) mass is 337 g/mol. The number of aryl methyl sites for hydroxylation is 2.